The Bertz CT molecular complexity index is 438. The fraction of sp³-hybridized carbons (Fsp3) is 0.625. The van der Waals surface area contributed by atoms with Crippen molar-refractivity contribution in [2.24, 2.45) is 5.92 Å². The summed E-state index contributed by atoms with van der Waals surface area (Å²) in [4.78, 5) is 2.49. The molecule has 1 saturated heterocycles. The van der Waals surface area contributed by atoms with E-state index >= 15 is 0 Å². The second kappa shape index (κ2) is 6.55. The van der Waals surface area contributed by atoms with Gasteiger partial charge in [0.15, 0.2) is 6.23 Å². The molecule has 20 heavy (non-hydrogen) atoms. The third-order valence-corrected chi connectivity index (χ3v) is 4.98. The van der Waals surface area contributed by atoms with Crippen LogP contribution in [0.1, 0.15) is 38.5 Å². The first-order chi connectivity index (χ1) is 9.74. The molecular formula is C16H21Cl2NO. The van der Waals surface area contributed by atoms with Crippen molar-refractivity contribution < 1.29 is 4.74 Å². The fourth-order valence-electron chi connectivity index (χ4n) is 3.41. The highest BCUT2D eigenvalue weighted by Gasteiger charge is 2.33. The van der Waals surface area contributed by atoms with Crippen molar-refractivity contribution in [2.75, 3.05) is 13.1 Å². The van der Waals surface area contributed by atoms with Gasteiger partial charge in [-0.05, 0) is 43.9 Å². The highest BCUT2D eigenvalue weighted by atomic mass is 35.5. The van der Waals surface area contributed by atoms with Gasteiger partial charge in [-0.15, -0.1) is 0 Å². The minimum Gasteiger partial charge on any atom is -0.473 e. The van der Waals surface area contributed by atoms with Gasteiger partial charge >= 0.3 is 0 Å². The van der Waals surface area contributed by atoms with Crippen molar-refractivity contribution in [3.05, 3.63) is 28.2 Å². The Morgan fingerprint density at radius 1 is 1.05 bits per heavy atom. The van der Waals surface area contributed by atoms with Crippen LogP contribution in [-0.2, 0) is 0 Å². The Kier molecular flexibility index (Phi) is 4.75. The summed E-state index contributed by atoms with van der Waals surface area (Å²) in [5.41, 5.74) is 0. The van der Waals surface area contributed by atoms with Crippen LogP contribution in [0.5, 0.6) is 5.75 Å². The number of nitrogens with zero attached hydrogens (tertiary/aromatic N) is 1. The first kappa shape index (κ1) is 14.5. The summed E-state index contributed by atoms with van der Waals surface area (Å²) >= 11 is 12.2. The van der Waals surface area contributed by atoms with Crippen molar-refractivity contribution in [3.8, 4) is 5.75 Å². The smallest absolute Gasteiger partial charge is 0.155 e. The molecule has 1 aliphatic carbocycles. The third kappa shape index (κ3) is 3.24. The van der Waals surface area contributed by atoms with E-state index in [4.69, 9.17) is 27.9 Å². The molecule has 1 aromatic carbocycles. The topological polar surface area (TPSA) is 12.5 Å². The second-order valence-electron chi connectivity index (χ2n) is 5.87. The third-order valence-electron chi connectivity index (χ3n) is 4.45. The predicted molar refractivity (Wildman–Crippen MR) is 83.6 cm³/mol. The van der Waals surface area contributed by atoms with Crippen LogP contribution in [0.4, 0.5) is 0 Å². The minimum absolute atomic E-state index is 0.179. The Balaban J connectivity index is 1.77. The number of rotatable bonds is 4. The normalized spacial score (nSPS) is 22.3. The summed E-state index contributed by atoms with van der Waals surface area (Å²) in [7, 11) is 0. The first-order valence-corrected chi connectivity index (χ1v) is 8.35. The molecule has 1 saturated carbocycles. The van der Waals surface area contributed by atoms with E-state index < -0.39 is 0 Å². The Morgan fingerprint density at radius 2 is 1.75 bits per heavy atom. The molecular weight excluding hydrogens is 293 g/mol. The van der Waals surface area contributed by atoms with Crippen molar-refractivity contribution in [2.45, 2.75) is 44.8 Å². The molecule has 2 fully saturated rings. The van der Waals surface area contributed by atoms with E-state index in [2.05, 4.69) is 4.90 Å². The van der Waals surface area contributed by atoms with Crippen LogP contribution in [-0.4, -0.2) is 24.2 Å². The van der Waals surface area contributed by atoms with Crippen LogP contribution in [0, 0.1) is 5.92 Å². The fourth-order valence-corrected chi connectivity index (χ4v) is 3.86. The molecule has 0 aromatic heterocycles. The number of likely N-dealkylation sites (tertiary alicyclic amines) is 1. The van der Waals surface area contributed by atoms with Crippen molar-refractivity contribution in [3.63, 3.8) is 0 Å². The lowest BCUT2D eigenvalue weighted by atomic mass is 10.1. The maximum atomic E-state index is 6.30. The monoisotopic (exact) mass is 313 g/mol. The molecule has 1 aliphatic heterocycles. The molecule has 1 aromatic rings. The molecule has 0 spiro atoms. The zero-order valence-corrected chi connectivity index (χ0v) is 13.2. The SMILES string of the molecule is Clc1ccc(OC(C2CCCC2)N2CCCC2)c(Cl)c1. The van der Waals surface area contributed by atoms with Crippen molar-refractivity contribution >= 4 is 23.2 Å². The van der Waals surface area contributed by atoms with Gasteiger partial charge in [0, 0.05) is 24.0 Å². The van der Waals surface area contributed by atoms with Gasteiger partial charge in [-0.1, -0.05) is 36.0 Å². The molecule has 0 radical (unpaired) electrons. The molecule has 1 unspecified atom stereocenters. The molecule has 0 bridgehead atoms. The molecule has 0 amide bonds. The number of ether oxygens (including phenoxy) is 1. The molecule has 2 nitrogen and oxygen atoms in total. The van der Waals surface area contributed by atoms with Crippen LogP contribution >= 0.6 is 23.2 Å². The summed E-state index contributed by atoms with van der Waals surface area (Å²) in [5, 5.41) is 1.26. The van der Waals surface area contributed by atoms with Gasteiger partial charge in [-0.3, -0.25) is 4.90 Å². The lowest BCUT2D eigenvalue weighted by molar-refractivity contribution is -0.00297. The van der Waals surface area contributed by atoms with E-state index in [1.165, 1.54) is 38.5 Å². The van der Waals surface area contributed by atoms with Gasteiger partial charge in [0.05, 0.1) is 5.02 Å². The quantitative estimate of drug-likeness (QED) is 0.777. The van der Waals surface area contributed by atoms with Crippen molar-refractivity contribution in [1.82, 2.24) is 4.90 Å². The molecule has 4 heteroatoms. The Morgan fingerprint density at radius 3 is 2.40 bits per heavy atom. The maximum absolute atomic E-state index is 6.30. The van der Waals surface area contributed by atoms with E-state index in [1.54, 1.807) is 6.07 Å². The second-order valence-corrected chi connectivity index (χ2v) is 6.71. The van der Waals surface area contributed by atoms with Crippen LogP contribution < -0.4 is 4.74 Å². The predicted octanol–water partition coefficient (Wildman–Crippen LogP) is 4.98. The number of halogens is 2. The largest absolute Gasteiger partial charge is 0.473 e. The van der Waals surface area contributed by atoms with Gasteiger partial charge in [-0.2, -0.15) is 0 Å². The standard InChI is InChI=1S/C16H21Cl2NO/c17-13-7-8-15(14(18)11-13)20-16(12-5-1-2-6-12)19-9-3-4-10-19/h7-8,11-12,16H,1-6,9-10H2. The summed E-state index contributed by atoms with van der Waals surface area (Å²) in [6.45, 7) is 2.29. The molecule has 1 heterocycles. The van der Waals surface area contributed by atoms with Crippen LogP contribution in [0.25, 0.3) is 0 Å². The average Bonchev–Trinajstić information content (AvgIpc) is 3.11. The molecule has 0 N–H and O–H groups in total. The summed E-state index contributed by atoms with van der Waals surface area (Å²) in [6, 6.07) is 5.50. The zero-order valence-electron chi connectivity index (χ0n) is 11.7. The number of benzene rings is 1. The lowest BCUT2D eigenvalue weighted by Gasteiger charge is -2.33. The molecule has 2 aliphatic rings. The summed E-state index contributed by atoms with van der Waals surface area (Å²) < 4.78 is 6.30. The minimum atomic E-state index is 0.179. The number of hydrogen-bond acceptors (Lipinski definition) is 2. The van der Waals surface area contributed by atoms with Crippen LogP contribution in [0.2, 0.25) is 10.0 Å². The highest BCUT2D eigenvalue weighted by Crippen LogP contribution is 2.35. The molecule has 3 rings (SSSR count). The van der Waals surface area contributed by atoms with Crippen LogP contribution in [0.3, 0.4) is 0 Å². The Labute approximate surface area is 131 Å². The highest BCUT2D eigenvalue weighted by molar-refractivity contribution is 6.35. The first-order valence-electron chi connectivity index (χ1n) is 7.60. The maximum Gasteiger partial charge on any atom is 0.155 e. The Hall–Kier alpha value is -0.440. The summed E-state index contributed by atoms with van der Waals surface area (Å²) in [6.07, 6.45) is 7.93. The van der Waals surface area contributed by atoms with Gasteiger partial charge in [0.25, 0.3) is 0 Å². The van der Waals surface area contributed by atoms with E-state index in [1.807, 2.05) is 12.1 Å². The van der Waals surface area contributed by atoms with E-state index in [0.717, 1.165) is 18.8 Å². The van der Waals surface area contributed by atoms with Gasteiger partial charge < -0.3 is 4.74 Å². The van der Waals surface area contributed by atoms with Crippen LogP contribution in [0.15, 0.2) is 18.2 Å². The summed E-state index contributed by atoms with van der Waals surface area (Å²) in [5.74, 6) is 1.40. The van der Waals surface area contributed by atoms with Gasteiger partial charge in [-0.25, -0.2) is 0 Å². The van der Waals surface area contributed by atoms with Crippen molar-refractivity contribution in [1.29, 1.82) is 0 Å². The molecule has 1 atom stereocenters. The van der Waals surface area contributed by atoms with E-state index in [0.29, 0.717) is 16.0 Å². The average molecular weight is 314 g/mol. The van der Waals surface area contributed by atoms with E-state index in [-0.39, 0.29) is 6.23 Å². The van der Waals surface area contributed by atoms with Gasteiger partial charge in [0.1, 0.15) is 5.75 Å². The number of hydrogen-bond donors (Lipinski definition) is 0. The lowest BCUT2D eigenvalue weighted by Crippen LogP contribution is -2.42. The van der Waals surface area contributed by atoms with Gasteiger partial charge in [0.2, 0.25) is 0 Å². The molecule has 110 valence electrons. The van der Waals surface area contributed by atoms with E-state index in [9.17, 15) is 0 Å². The zero-order chi connectivity index (χ0) is 13.9.